The number of benzene rings is 2. The highest BCUT2D eigenvalue weighted by atomic mass is 35.5. The predicted octanol–water partition coefficient (Wildman–Crippen LogP) is 10.7. The van der Waals surface area contributed by atoms with Gasteiger partial charge in [-0.1, -0.05) is 158 Å². The molecule has 3 rings (SSSR count). The van der Waals surface area contributed by atoms with Crippen LogP contribution in [0.5, 0.6) is 0 Å². The molecule has 0 fully saturated rings. The average molecular weight is 835 g/mol. The number of carbonyl (C=O) groups is 5. The van der Waals surface area contributed by atoms with Crippen molar-refractivity contribution in [3.05, 3.63) is 57.0 Å². The van der Waals surface area contributed by atoms with Gasteiger partial charge in [0, 0.05) is 28.7 Å². The molecular formula is C42H58Cl3N5O6. The van der Waals surface area contributed by atoms with E-state index in [0.29, 0.717) is 6.42 Å². The number of anilines is 2. The van der Waals surface area contributed by atoms with Gasteiger partial charge in [-0.15, -0.1) is 0 Å². The number of hydrazone groups is 1. The summed E-state index contributed by atoms with van der Waals surface area (Å²) < 4.78 is 0. The van der Waals surface area contributed by atoms with Crippen LogP contribution in [0.3, 0.4) is 0 Å². The van der Waals surface area contributed by atoms with Crippen LogP contribution >= 0.6 is 34.8 Å². The van der Waals surface area contributed by atoms with Crippen LogP contribution in [0.4, 0.5) is 11.4 Å². The number of unbranched alkanes of at least 4 members (excludes halogenated alkanes) is 15. The van der Waals surface area contributed by atoms with Crippen LogP contribution < -0.4 is 15.6 Å². The number of amidine groups is 1. The second-order valence-electron chi connectivity index (χ2n) is 14.8. The van der Waals surface area contributed by atoms with E-state index in [1.807, 2.05) is 0 Å². The molecular weight excluding hydrogens is 777 g/mol. The predicted molar refractivity (Wildman–Crippen MR) is 226 cm³/mol. The maximum Gasteiger partial charge on any atom is 0.326 e. The Morgan fingerprint density at radius 2 is 1.34 bits per heavy atom. The Labute approximate surface area is 346 Å². The van der Waals surface area contributed by atoms with E-state index in [-0.39, 0.29) is 56.7 Å². The Morgan fingerprint density at radius 3 is 1.86 bits per heavy atom. The number of hydrogen-bond donors (Lipinski definition) is 3. The first-order chi connectivity index (χ1) is 26.8. The van der Waals surface area contributed by atoms with Gasteiger partial charge in [0.2, 0.25) is 11.8 Å². The third kappa shape index (κ3) is 15.7. The van der Waals surface area contributed by atoms with Crippen molar-refractivity contribution in [1.82, 2.24) is 10.2 Å². The molecule has 0 unspecified atom stereocenters. The number of aliphatic carboxylic acids is 1. The van der Waals surface area contributed by atoms with Crippen molar-refractivity contribution in [3.63, 3.8) is 0 Å². The minimum Gasteiger partial charge on any atom is -0.480 e. The molecule has 0 bridgehead atoms. The number of hydrogen-bond acceptors (Lipinski definition) is 6. The molecule has 2 aromatic rings. The van der Waals surface area contributed by atoms with Crippen molar-refractivity contribution >= 4 is 81.6 Å². The normalized spacial score (nSPS) is 13.2. The third-order valence-electron chi connectivity index (χ3n) is 9.71. The molecule has 0 aliphatic carbocycles. The van der Waals surface area contributed by atoms with E-state index in [0.717, 1.165) is 24.3 Å². The molecule has 308 valence electrons. The molecule has 0 aromatic heterocycles. The zero-order chi connectivity index (χ0) is 41.0. The van der Waals surface area contributed by atoms with E-state index in [9.17, 15) is 29.1 Å². The van der Waals surface area contributed by atoms with Crippen molar-refractivity contribution < 1.29 is 29.1 Å². The van der Waals surface area contributed by atoms with Crippen molar-refractivity contribution in [2.24, 2.45) is 11.0 Å². The summed E-state index contributed by atoms with van der Waals surface area (Å²) in [6.45, 7) is 5.92. The summed E-state index contributed by atoms with van der Waals surface area (Å²) in [5.74, 6) is -3.66. The van der Waals surface area contributed by atoms with E-state index in [1.54, 1.807) is 26.0 Å². The number of carbonyl (C=O) groups excluding carboxylic acids is 4. The summed E-state index contributed by atoms with van der Waals surface area (Å²) >= 11 is 18.5. The Kier molecular flexibility index (Phi) is 20.7. The van der Waals surface area contributed by atoms with Gasteiger partial charge in [0.1, 0.15) is 17.6 Å². The molecule has 2 aromatic carbocycles. The number of nitrogens with zero attached hydrogens (tertiary/aromatic N) is 3. The monoisotopic (exact) mass is 833 g/mol. The zero-order valence-corrected chi connectivity index (χ0v) is 35.3. The lowest BCUT2D eigenvalue weighted by Gasteiger charge is -2.30. The molecule has 14 heteroatoms. The van der Waals surface area contributed by atoms with Gasteiger partial charge >= 0.3 is 5.97 Å². The van der Waals surface area contributed by atoms with Gasteiger partial charge < -0.3 is 20.6 Å². The third-order valence-corrected chi connectivity index (χ3v) is 10.5. The molecule has 0 spiro atoms. The molecule has 56 heavy (non-hydrogen) atoms. The molecule has 1 aliphatic heterocycles. The number of carboxylic acid groups (broad SMARTS) is 1. The van der Waals surface area contributed by atoms with Crippen LogP contribution in [0.2, 0.25) is 15.1 Å². The summed E-state index contributed by atoms with van der Waals surface area (Å²) in [5.41, 5.74) is 0.529. The Hall–Kier alpha value is -3.67. The fourth-order valence-electron chi connectivity index (χ4n) is 6.65. The van der Waals surface area contributed by atoms with Crippen LogP contribution in [0.1, 0.15) is 147 Å². The van der Waals surface area contributed by atoms with Crippen molar-refractivity contribution in [2.75, 3.05) is 16.9 Å². The minimum atomic E-state index is -1.35. The quantitative estimate of drug-likeness (QED) is 0.0848. The van der Waals surface area contributed by atoms with Crippen LogP contribution in [0, 0.1) is 5.92 Å². The van der Waals surface area contributed by atoms with Gasteiger partial charge in [-0.05, 0) is 36.8 Å². The molecule has 0 saturated heterocycles. The van der Waals surface area contributed by atoms with E-state index in [4.69, 9.17) is 34.8 Å². The first-order valence-electron chi connectivity index (χ1n) is 20.1. The lowest BCUT2D eigenvalue weighted by Crippen LogP contribution is -2.48. The summed E-state index contributed by atoms with van der Waals surface area (Å²) in [5, 5.41) is 21.1. The largest absolute Gasteiger partial charge is 0.480 e. The maximum absolute atomic E-state index is 13.2. The van der Waals surface area contributed by atoms with Crippen molar-refractivity contribution in [3.8, 4) is 0 Å². The molecule has 0 radical (unpaired) electrons. The minimum absolute atomic E-state index is 0.0556. The van der Waals surface area contributed by atoms with Gasteiger partial charge in [-0.2, -0.15) is 10.1 Å². The van der Waals surface area contributed by atoms with Gasteiger partial charge in [-0.25, -0.2) is 4.79 Å². The molecule has 1 atom stereocenters. The average Bonchev–Trinajstić information content (AvgIpc) is 3.49. The van der Waals surface area contributed by atoms with Crippen molar-refractivity contribution in [2.45, 2.75) is 142 Å². The van der Waals surface area contributed by atoms with Gasteiger partial charge in [0.05, 0.1) is 22.9 Å². The Morgan fingerprint density at radius 1 is 0.804 bits per heavy atom. The molecule has 1 heterocycles. The lowest BCUT2D eigenvalue weighted by molar-refractivity contribution is -0.153. The highest BCUT2D eigenvalue weighted by Crippen LogP contribution is 2.38. The van der Waals surface area contributed by atoms with Crippen LogP contribution in [-0.2, 0) is 19.2 Å². The molecule has 4 amide bonds. The highest BCUT2D eigenvalue weighted by Gasteiger charge is 2.33. The van der Waals surface area contributed by atoms with Gasteiger partial charge in [-0.3, -0.25) is 19.2 Å². The van der Waals surface area contributed by atoms with Crippen LogP contribution in [0.25, 0.3) is 0 Å². The fourth-order valence-corrected chi connectivity index (χ4v) is 7.63. The van der Waals surface area contributed by atoms with Gasteiger partial charge in [0.25, 0.3) is 11.8 Å². The number of rotatable bonds is 25. The molecule has 11 nitrogen and oxygen atoms in total. The summed E-state index contributed by atoms with van der Waals surface area (Å²) in [4.78, 5) is 66.0. The SMILES string of the molecule is CCCCCCCCCCCCCCCCCCN(C(=O)C(C)C)[C@H](CC(=O)Nc1cccc(C(=O)NC2=NN(c3c(Cl)cc(Cl)cc3Cl)C(=O)C2)c1)C(=O)O. The molecule has 3 N–H and O–H groups in total. The topological polar surface area (TPSA) is 148 Å². The van der Waals surface area contributed by atoms with Crippen LogP contribution in [-0.4, -0.2) is 58.0 Å². The number of amides is 4. The number of nitrogens with one attached hydrogen (secondary N) is 2. The second kappa shape index (κ2) is 24.9. The summed E-state index contributed by atoms with van der Waals surface area (Å²) in [6, 6.07) is 7.52. The summed E-state index contributed by atoms with van der Waals surface area (Å²) in [7, 11) is 0. The number of halogens is 3. The first-order valence-corrected chi connectivity index (χ1v) is 21.2. The first kappa shape index (κ1) is 46.7. The summed E-state index contributed by atoms with van der Waals surface area (Å²) in [6.07, 6.45) is 18.7. The highest BCUT2D eigenvalue weighted by molar-refractivity contribution is 6.42. The number of carboxylic acids is 1. The lowest BCUT2D eigenvalue weighted by atomic mass is 10.0. The smallest absolute Gasteiger partial charge is 0.326 e. The Bertz CT molecular complexity index is 1650. The van der Waals surface area contributed by atoms with E-state index in [1.165, 1.54) is 106 Å². The maximum atomic E-state index is 13.2. The Balaban J connectivity index is 1.47. The fraction of sp³-hybridized carbons (Fsp3) is 0.571. The molecule has 0 saturated carbocycles. The zero-order valence-electron chi connectivity index (χ0n) is 33.0. The second-order valence-corrected chi connectivity index (χ2v) is 16.0. The van der Waals surface area contributed by atoms with Gasteiger partial charge in [0.15, 0.2) is 0 Å². The standard InChI is InChI=1S/C42H58Cl3N5O6/c1-4-5-6-7-8-9-10-11-12-13-14-15-16-17-18-19-23-49(41(54)29(2)3)35(42(55)56)27-37(51)46-32-22-20-21-30(24-32)40(53)47-36-28-38(52)50(48-36)39-33(44)25-31(43)26-34(39)45/h20-22,24-26,29,35H,4-19,23,27-28H2,1-3H3,(H,46,51)(H,55,56)(H,47,48,53)/t35-/m1/s1. The van der Waals surface area contributed by atoms with E-state index >= 15 is 0 Å². The van der Waals surface area contributed by atoms with E-state index < -0.39 is 42.1 Å². The molecule has 1 aliphatic rings. The van der Waals surface area contributed by atoms with Crippen LogP contribution in [0.15, 0.2) is 41.5 Å². The van der Waals surface area contributed by atoms with Crippen molar-refractivity contribution in [1.29, 1.82) is 0 Å². The van der Waals surface area contributed by atoms with E-state index in [2.05, 4.69) is 22.7 Å².